The molecule has 0 amide bonds. The van der Waals surface area contributed by atoms with Crippen molar-refractivity contribution in [3.63, 3.8) is 0 Å². The van der Waals surface area contributed by atoms with Gasteiger partial charge in [0.15, 0.2) is 0 Å². The first-order valence-corrected chi connectivity index (χ1v) is 6.89. The van der Waals surface area contributed by atoms with Crippen LogP contribution in [0, 0.1) is 0 Å². The van der Waals surface area contributed by atoms with E-state index in [1.807, 2.05) is 12.1 Å². The summed E-state index contributed by atoms with van der Waals surface area (Å²) in [6.45, 7) is 5.58. The van der Waals surface area contributed by atoms with E-state index in [2.05, 4.69) is 4.98 Å². The fourth-order valence-corrected chi connectivity index (χ4v) is 1.34. The first-order chi connectivity index (χ1) is 10.2. The van der Waals surface area contributed by atoms with Crippen LogP contribution in [0.4, 0.5) is 0 Å². The van der Waals surface area contributed by atoms with Crippen molar-refractivity contribution in [3.05, 3.63) is 35.8 Å². The summed E-state index contributed by atoms with van der Waals surface area (Å²) >= 11 is 0. The van der Waals surface area contributed by atoms with E-state index in [4.69, 9.17) is 21.3 Å². The summed E-state index contributed by atoms with van der Waals surface area (Å²) in [6.07, 6.45) is 4.05. The summed E-state index contributed by atoms with van der Waals surface area (Å²) in [7, 11) is 0. The van der Waals surface area contributed by atoms with E-state index in [-0.39, 0.29) is 6.42 Å². The number of aromatic nitrogens is 1. The Morgan fingerprint density at radius 1 is 1.36 bits per heavy atom. The van der Waals surface area contributed by atoms with Gasteiger partial charge in [0.2, 0.25) is 0 Å². The Balaban J connectivity index is 0.000000425. The van der Waals surface area contributed by atoms with Crippen LogP contribution in [0.3, 0.4) is 0 Å². The van der Waals surface area contributed by atoms with Gasteiger partial charge in [0, 0.05) is 12.4 Å². The summed E-state index contributed by atoms with van der Waals surface area (Å²) in [5.41, 5.74) is 12.6. The molecule has 0 aliphatic heterocycles. The van der Waals surface area contributed by atoms with Crippen LogP contribution in [0.2, 0.25) is 0 Å². The second kappa shape index (κ2) is 9.86. The largest absolute Gasteiger partial charge is 0.677 e. The molecule has 0 saturated heterocycles. The number of ether oxygens (including phenoxy) is 1. The summed E-state index contributed by atoms with van der Waals surface area (Å²) in [5.74, 6) is -1.80. The van der Waals surface area contributed by atoms with Gasteiger partial charge in [0.05, 0.1) is 6.42 Å². The standard InChI is InChI=1S/C8H15NO4.C7H9N2/c1-8(2,3)13-6(10)4-5(9)7(11)12;8-4-1-7-2-5-9-6-3-7/h5H,4,9H2,1-3H3,(H,11,12);2-3,5-6,8H,1,4H2/q;-1/t5-;/m0./s1. The molecule has 0 saturated carbocycles. The zero-order valence-corrected chi connectivity index (χ0v) is 13.2. The van der Waals surface area contributed by atoms with Crippen LogP contribution in [0.15, 0.2) is 24.5 Å². The summed E-state index contributed by atoms with van der Waals surface area (Å²) in [4.78, 5) is 25.1. The molecule has 0 bridgehead atoms. The van der Waals surface area contributed by atoms with Crippen LogP contribution < -0.4 is 5.73 Å². The number of aliphatic carboxylic acids is 1. The molecular weight excluding hydrogens is 286 g/mol. The van der Waals surface area contributed by atoms with Crippen LogP contribution in [0.5, 0.6) is 0 Å². The number of nitrogens with one attached hydrogen (secondary N) is 1. The molecule has 0 aromatic carbocycles. The first kappa shape index (κ1) is 20.0. The van der Waals surface area contributed by atoms with Gasteiger partial charge in [-0.3, -0.25) is 14.6 Å². The zero-order valence-electron chi connectivity index (χ0n) is 13.2. The number of pyridine rings is 1. The fourth-order valence-electron chi connectivity index (χ4n) is 1.34. The molecule has 124 valence electrons. The Labute approximate surface area is 130 Å². The number of carboxylic acid groups (broad SMARTS) is 1. The van der Waals surface area contributed by atoms with E-state index in [0.717, 1.165) is 6.42 Å². The lowest BCUT2D eigenvalue weighted by atomic mass is 10.2. The highest BCUT2D eigenvalue weighted by Gasteiger charge is 2.21. The highest BCUT2D eigenvalue weighted by molar-refractivity contribution is 5.81. The number of rotatable bonds is 5. The van der Waals surface area contributed by atoms with Crippen molar-refractivity contribution in [1.82, 2.24) is 4.98 Å². The molecule has 1 atom stereocenters. The van der Waals surface area contributed by atoms with E-state index < -0.39 is 23.6 Å². The number of esters is 1. The third-order valence-corrected chi connectivity index (χ3v) is 2.29. The van der Waals surface area contributed by atoms with Crippen LogP contribution in [-0.2, 0) is 20.7 Å². The average Bonchev–Trinajstić information content (AvgIpc) is 2.38. The molecule has 22 heavy (non-hydrogen) atoms. The molecular formula is C15H24N3O4-. The van der Waals surface area contributed by atoms with Gasteiger partial charge in [-0.2, -0.15) is 0 Å². The molecule has 4 N–H and O–H groups in total. The number of nitrogens with zero attached hydrogens (tertiary/aromatic N) is 1. The molecule has 0 unspecified atom stereocenters. The van der Waals surface area contributed by atoms with Gasteiger partial charge in [0.1, 0.15) is 11.6 Å². The van der Waals surface area contributed by atoms with E-state index in [9.17, 15) is 9.59 Å². The monoisotopic (exact) mass is 310 g/mol. The second-order valence-electron chi connectivity index (χ2n) is 5.59. The van der Waals surface area contributed by atoms with Crippen molar-refractivity contribution in [2.75, 3.05) is 6.54 Å². The highest BCUT2D eigenvalue weighted by Crippen LogP contribution is 2.08. The number of hydrogen-bond donors (Lipinski definition) is 2. The molecule has 1 heterocycles. The first-order valence-electron chi connectivity index (χ1n) is 6.89. The lowest BCUT2D eigenvalue weighted by Gasteiger charge is -2.19. The van der Waals surface area contributed by atoms with E-state index >= 15 is 0 Å². The third-order valence-electron chi connectivity index (χ3n) is 2.29. The van der Waals surface area contributed by atoms with E-state index in [1.54, 1.807) is 33.2 Å². The molecule has 1 aromatic heterocycles. The molecule has 0 radical (unpaired) electrons. The van der Waals surface area contributed by atoms with Gasteiger partial charge in [-0.15, -0.1) is 6.54 Å². The Hall–Kier alpha value is -1.99. The Bertz CT molecular complexity index is 458. The highest BCUT2D eigenvalue weighted by atomic mass is 16.6. The molecule has 0 spiro atoms. The van der Waals surface area contributed by atoms with E-state index in [1.165, 1.54) is 5.56 Å². The zero-order chi connectivity index (χ0) is 17.2. The third kappa shape index (κ3) is 10.8. The molecule has 0 fully saturated rings. The van der Waals surface area contributed by atoms with Crippen molar-refractivity contribution in [3.8, 4) is 0 Å². The van der Waals surface area contributed by atoms with Gasteiger partial charge in [-0.25, -0.2) is 0 Å². The molecule has 1 rings (SSSR count). The fraction of sp³-hybridized carbons (Fsp3) is 0.533. The molecule has 7 nitrogen and oxygen atoms in total. The lowest BCUT2D eigenvalue weighted by Crippen LogP contribution is -2.35. The Morgan fingerprint density at radius 3 is 2.32 bits per heavy atom. The normalized spacial score (nSPS) is 11.9. The Kier molecular flexibility index (Phi) is 8.97. The maximum absolute atomic E-state index is 11.0. The molecule has 0 aliphatic carbocycles. The van der Waals surface area contributed by atoms with Crippen LogP contribution >= 0.6 is 0 Å². The maximum Gasteiger partial charge on any atom is 0.321 e. The van der Waals surface area contributed by atoms with Crippen molar-refractivity contribution in [2.24, 2.45) is 5.73 Å². The molecule has 0 aliphatic rings. The van der Waals surface area contributed by atoms with Gasteiger partial charge < -0.3 is 21.3 Å². The minimum Gasteiger partial charge on any atom is -0.677 e. The maximum atomic E-state index is 11.0. The number of hydrogen-bond acceptors (Lipinski definition) is 5. The van der Waals surface area contributed by atoms with E-state index in [0.29, 0.717) is 6.54 Å². The number of carbonyl (C=O) groups excluding carboxylic acids is 1. The average molecular weight is 310 g/mol. The predicted octanol–water partition coefficient (Wildman–Crippen LogP) is 1.81. The molecule has 7 heteroatoms. The minimum absolute atomic E-state index is 0.299. The topological polar surface area (TPSA) is 126 Å². The van der Waals surface area contributed by atoms with Gasteiger partial charge in [-0.05, 0) is 44.9 Å². The van der Waals surface area contributed by atoms with Crippen LogP contribution in [0.1, 0.15) is 32.8 Å². The minimum atomic E-state index is -1.20. The smallest absolute Gasteiger partial charge is 0.321 e. The van der Waals surface area contributed by atoms with Gasteiger partial charge >= 0.3 is 11.9 Å². The Morgan fingerprint density at radius 2 is 1.91 bits per heavy atom. The van der Waals surface area contributed by atoms with Gasteiger partial charge in [0.25, 0.3) is 0 Å². The van der Waals surface area contributed by atoms with Crippen molar-refractivity contribution in [2.45, 2.75) is 45.3 Å². The predicted molar refractivity (Wildman–Crippen MR) is 83.2 cm³/mol. The van der Waals surface area contributed by atoms with Crippen LogP contribution in [0.25, 0.3) is 5.73 Å². The quantitative estimate of drug-likeness (QED) is 0.798. The lowest BCUT2D eigenvalue weighted by molar-refractivity contribution is -0.157. The summed E-state index contributed by atoms with van der Waals surface area (Å²) < 4.78 is 4.88. The number of carbonyl (C=O) groups is 2. The van der Waals surface area contributed by atoms with Crippen molar-refractivity contribution in [1.29, 1.82) is 0 Å². The molecule has 1 aromatic rings. The van der Waals surface area contributed by atoms with Gasteiger partial charge in [-0.1, -0.05) is 0 Å². The van der Waals surface area contributed by atoms with Crippen molar-refractivity contribution < 1.29 is 19.4 Å². The summed E-state index contributed by atoms with van der Waals surface area (Å²) in [6, 6.07) is 2.69. The van der Waals surface area contributed by atoms with Crippen LogP contribution in [-0.4, -0.2) is 40.2 Å². The number of nitrogens with two attached hydrogens (primary N) is 1. The van der Waals surface area contributed by atoms with Crippen molar-refractivity contribution >= 4 is 11.9 Å². The summed E-state index contributed by atoms with van der Waals surface area (Å²) in [5, 5.41) is 8.40. The number of carboxylic acids is 1. The SMILES string of the molecule is CC(C)(C)OC(=O)C[C@H](N)C(=O)O.[NH-]CCc1ccncc1. The second-order valence-corrected chi connectivity index (χ2v) is 5.59.